The molecule has 4 rings (SSSR count). The Balaban J connectivity index is 1.66. The molecule has 0 spiro atoms. The number of fused-ring (bicyclic) bond motifs is 5. The molecule has 0 saturated heterocycles. The monoisotopic (exact) mass is 328 g/mol. The first kappa shape index (κ1) is 16.4. The van der Waals surface area contributed by atoms with Crippen molar-refractivity contribution >= 4 is 0 Å². The van der Waals surface area contributed by atoms with Gasteiger partial charge in [-0.25, -0.2) is 0 Å². The summed E-state index contributed by atoms with van der Waals surface area (Å²) in [6.45, 7) is 4.55. The topological polar surface area (TPSA) is 40.5 Å². The molecule has 2 fully saturated rings. The largest absolute Gasteiger partial charge is 0.508 e. The highest BCUT2D eigenvalue weighted by Gasteiger charge is 2.54. The first-order valence-electron chi connectivity index (χ1n) is 10.1. The van der Waals surface area contributed by atoms with Crippen molar-refractivity contribution in [1.82, 2.24) is 0 Å². The van der Waals surface area contributed by atoms with Crippen LogP contribution in [0.4, 0.5) is 0 Å². The maximum absolute atomic E-state index is 10.5. The third kappa shape index (κ3) is 2.41. The van der Waals surface area contributed by atoms with Gasteiger partial charge in [0.05, 0.1) is 6.10 Å². The minimum atomic E-state index is -0.0928. The lowest BCUT2D eigenvalue weighted by Gasteiger charge is -2.50. The second kappa shape index (κ2) is 6.05. The number of aromatic hydroxyl groups is 1. The SMILES string of the molecule is CCCCc1cc2c(cc1O)CC[C@@H]1[C@@H]2CC[C@]2(C)[C@@H](O)CC[C@@H]12. The van der Waals surface area contributed by atoms with Crippen molar-refractivity contribution in [2.24, 2.45) is 17.3 Å². The van der Waals surface area contributed by atoms with E-state index >= 15 is 0 Å². The van der Waals surface area contributed by atoms with Crippen molar-refractivity contribution in [1.29, 1.82) is 0 Å². The molecule has 1 aromatic rings. The molecule has 2 nitrogen and oxygen atoms in total. The summed E-state index contributed by atoms with van der Waals surface area (Å²) in [5.74, 6) is 2.58. The predicted octanol–water partition coefficient (Wildman–Crippen LogP) is 4.95. The number of aryl methyl sites for hydroxylation is 2. The molecule has 0 bridgehead atoms. The average molecular weight is 328 g/mol. The molecule has 3 aliphatic rings. The number of rotatable bonds is 3. The van der Waals surface area contributed by atoms with Crippen LogP contribution in [-0.2, 0) is 12.8 Å². The molecule has 2 saturated carbocycles. The van der Waals surface area contributed by atoms with Crippen molar-refractivity contribution in [2.45, 2.75) is 83.7 Å². The van der Waals surface area contributed by atoms with Gasteiger partial charge in [-0.3, -0.25) is 0 Å². The molecule has 1 aromatic carbocycles. The zero-order chi connectivity index (χ0) is 16.9. The van der Waals surface area contributed by atoms with E-state index in [4.69, 9.17) is 0 Å². The number of aliphatic hydroxyl groups excluding tert-OH is 1. The zero-order valence-electron chi connectivity index (χ0n) is 15.2. The van der Waals surface area contributed by atoms with Crippen molar-refractivity contribution in [3.05, 3.63) is 28.8 Å². The molecule has 2 heteroatoms. The van der Waals surface area contributed by atoms with Crippen LogP contribution < -0.4 is 0 Å². The van der Waals surface area contributed by atoms with E-state index in [1.807, 2.05) is 0 Å². The highest BCUT2D eigenvalue weighted by molar-refractivity contribution is 5.45. The fourth-order valence-electron chi connectivity index (χ4n) is 6.20. The Hall–Kier alpha value is -1.02. The lowest BCUT2D eigenvalue weighted by molar-refractivity contribution is -0.0226. The normalized spacial score (nSPS) is 37.6. The zero-order valence-corrected chi connectivity index (χ0v) is 15.2. The minimum absolute atomic E-state index is 0.0928. The Kier molecular flexibility index (Phi) is 4.15. The molecule has 24 heavy (non-hydrogen) atoms. The predicted molar refractivity (Wildman–Crippen MR) is 97.3 cm³/mol. The fraction of sp³-hybridized carbons (Fsp3) is 0.727. The summed E-state index contributed by atoms with van der Waals surface area (Å²) in [5.41, 5.74) is 4.21. The molecule has 3 aliphatic carbocycles. The van der Waals surface area contributed by atoms with Crippen LogP contribution in [0.25, 0.3) is 0 Å². The van der Waals surface area contributed by atoms with Gasteiger partial charge in [0.1, 0.15) is 5.75 Å². The second-order valence-electron chi connectivity index (χ2n) is 8.84. The van der Waals surface area contributed by atoms with E-state index in [1.54, 1.807) is 0 Å². The van der Waals surface area contributed by atoms with Crippen LogP contribution in [0.3, 0.4) is 0 Å². The molecule has 0 aliphatic heterocycles. The summed E-state index contributed by atoms with van der Waals surface area (Å²) in [4.78, 5) is 0. The summed E-state index contributed by atoms with van der Waals surface area (Å²) in [5, 5.41) is 20.9. The molecule has 2 N–H and O–H groups in total. The number of phenols is 1. The minimum Gasteiger partial charge on any atom is -0.508 e. The first-order chi connectivity index (χ1) is 11.5. The fourth-order valence-corrected chi connectivity index (χ4v) is 6.20. The Bertz CT molecular complexity index is 623. The van der Waals surface area contributed by atoms with E-state index in [0.717, 1.165) is 43.6 Å². The van der Waals surface area contributed by atoms with E-state index in [0.29, 0.717) is 17.6 Å². The van der Waals surface area contributed by atoms with E-state index in [9.17, 15) is 10.2 Å². The third-order valence-corrected chi connectivity index (χ3v) is 7.67. The van der Waals surface area contributed by atoms with Gasteiger partial charge < -0.3 is 10.2 Å². The standard InChI is InChI=1S/C22H32O2/c1-3-4-5-15-12-18-14(13-20(15)23)6-7-17-16(18)10-11-22(2)19(17)8-9-21(22)24/h12-13,16-17,19,21,23-24H,3-11H2,1-2H3/t16-,17+,19-,21-,22-/m0/s1. The Morgan fingerprint density at radius 1 is 1.17 bits per heavy atom. The molecular weight excluding hydrogens is 296 g/mol. The maximum Gasteiger partial charge on any atom is 0.119 e. The van der Waals surface area contributed by atoms with Gasteiger partial charge in [-0.2, -0.15) is 0 Å². The lowest BCUT2D eigenvalue weighted by atomic mass is 9.55. The summed E-state index contributed by atoms with van der Waals surface area (Å²) in [6.07, 6.45) is 10.1. The van der Waals surface area contributed by atoms with Gasteiger partial charge in [0.2, 0.25) is 0 Å². The Labute approximate surface area is 146 Å². The first-order valence-corrected chi connectivity index (χ1v) is 10.1. The molecular formula is C22H32O2. The van der Waals surface area contributed by atoms with E-state index < -0.39 is 0 Å². The summed E-state index contributed by atoms with van der Waals surface area (Å²) in [6, 6.07) is 4.40. The average Bonchev–Trinajstić information content (AvgIpc) is 2.88. The molecule has 0 unspecified atom stereocenters. The molecule has 5 atom stereocenters. The third-order valence-electron chi connectivity index (χ3n) is 7.67. The van der Waals surface area contributed by atoms with E-state index in [1.165, 1.54) is 36.8 Å². The number of unbranched alkanes of at least 4 members (excludes halogenated alkanes) is 1. The molecule has 0 radical (unpaired) electrons. The summed E-state index contributed by atoms with van der Waals surface area (Å²) in [7, 11) is 0. The number of phenolic OH excluding ortho intramolecular Hbond substituents is 1. The molecule has 0 aromatic heterocycles. The van der Waals surface area contributed by atoms with Gasteiger partial charge in [-0.05, 0) is 97.3 Å². The van der Waals surface area contributed by atoms with Crippen LogP contribution in [0, 0.1) is 17.3 Å². The second-order valence-corrected chi connectivity index (χ2v) is 8.84. The van der Waals surface area contributed by atoms with Crippen molar-refractivity contribution in [3.63, 3.8) is 0 Å². The van der Waals surface area contributed by atoms with Gasteiger partial charge in [0.15, 0.2) is 0 Å². The van der Waals surface area contributed by atoms with Crippen LogP contribution in [0.1, 0.15) is 81.4 Å². The van der Waals surface area contributed by atoms with E-state index in [-0.39, 0.29) is 11.5 Å². The number of hydrogen-bond acceptors (Lipinski definition) is 2. The highest BCUT2D eigenvalue weighted by Crippen LogP contribution is 2.61. The Morgan fingerprint density at radius 2 is 2.00 bits per heavy atom. The van der Waals surface area contributed by atoms with Gasteiger partial charge in [-0.1, -0.05) is 26.3 Å². The highest BCUT2D eigenvalue weighted by atomic mass is 16.3. The van der Waals surface area contributed by atoms with Gasteiger partial charge in [-0.15, -0.1) is 0 Å². The van der Waals surface area contributed by atoms with E-state index in [2.05, 4.69) is 26.0 Å². The lowest BCUT2D eigenvalue weighted by Crippen LogP contribution is -2.43. The van der Waals surface area contributed by atoms with Crippen molar-refractivity contribution in [3.8, 4) is 5.75 Å². The van der Waals surface area contributed by atoms with Crippen LogP contribution in [0.15, 0.2) is 12.1 Å². The van der Waals surface area contributed by atoms with Crippen molar-refractivity contribution in [2.75, 3.05) is 0 Å². The van der Waals surface area contributed by atoms with Crippen LogP contribution in [-0.4, -0.2) is 16.3 Å². The Morgan fingerprint density at radius 3 is 2.79 bits per heavy atom. The molecule has 132 valence electrons. The number of aliphatic hydroxyl groups is 1. The number of benzene rings is 1. The number of hydrogen-bond donors (Lipinski definition) is 2. The molecule has 0 amide bonds. The van der Waals surface area contributed by atoms with Crippen LogP contribution in [0.5, 0.6) is 5.75 Å². The van der Waals surface area contributed by atoms with Crippen LogP contribution >= 0.6 is 0 Å². The molecule has 0 heterocycles. The summed E-state index contributed by atoms with van der Waals surface area (Å²) < 4.78 is 0. The van der Waals surface area contributed by atoms with Gasteiger partial charge in [0.25, 0.3) is 0 Å². The van der Waals surface area contributed by atoms with Gasteiger partial charge >= 0.3 is 0 Å². The maximum atomic E-state index is 10.5. The quantitative estimate of drug-likeness (QED) is 0.824. The van der Waals surface area contributed by atoms with Crippen molar-refractivity contribution < 1.29 is 10.2 Å². The smallest absolute Gasteiger partial charge is 0.119 e. The van der Waals surface area contributed by atoms with Gasteiger partial charge in [0, 0.05) is 0 Å². The summed E-state index contributed by atoms with van der Waals surface area (Å²) >= 11 is 0. The van der Waals surface area contributed by atoms with Crippen LogP contribution in [0.2, 0.25) is 0 Å².